The van der Waals surface area contributed by atoms with Crippen molar-refractivity contribution in [2.45, 2.75) is 6.92 Å². The van der Waals surface area contributed by atoms with E-state index in [4.69, 9.17) is 18.9 Å². The summed E-state index contributed by atoms with van der Waals surface area (Å²) in [4.78, 5) is 12.5. The maximum absolute atomic E-state index is 12.5. The smallest absolute Gasteiger partial charge is 0.248 e. The number of anilines is 1. The Kier molecular flexibility index (Phi) is 7.54. The highest BCUT2D eigenvalue weighted by Gasteiger charge is 2.08. The standard InChI is InChI=1S/C25H25NO5/c1-4-30-19-10-12-20(13-11-19)31-24-8-6-5-7-22(24)26-25(27)16-9-18-17-21(28-2)14-15-23(18)29-3/h5-17H,4H2,1-3H3,(H,26,27)/b16-9+. The van der Waals surface area contributed by atoms with Gasteiger partial charge in [-0.05, 0) is 67.6 Å². The molecule has 0 saturated carbocycles. The molecule has 3 aromatic carbocycles. The molecule has 0 aliphatic heterocycles. The number of benzene rings is 3. The van der Waals surface area contributed by atoms with E-state index in [0.717, 1.165) is 11.3 Å². The number of carbonyl (C=O) groups excluding carboxylic acids is 1. The summed E-state index contributed by atoms with van der Waals surface area (Å²) in [5.41, 5.74) is 1.29. The zero-order valence-corrected chi connectivity index (χ0v) is 17.8. The minimum Gasteiger partial charge on any atom is -0.497 e. The summed E-state index contributed by atoms with van der Waals surface area (Å²) in [5.74, 6) is 2.97. The molecule has 0 spiro atoms. The van der Waals surface area contributed by atoms with Crippen LogP contribution in [-0.4, -0.2) is 26.7 Å². The zero-order valence-electron chi connectivity index (χ0n) is 17.8. The van der Waals surface area contributed by atoms with Gasteiger partial charge in [-0.3, -0.25) is 4.79 Å². The molecular weight excluding hydrogens is 394 g/mol. The Morgan fingerprint density at radius 2 is 1.58 bits per heavy atom. The lowest BCUT2D eigenvalue weighted by Crippen LogP contribution is -2.08. The van der Waals surface area contributed by atoms with E-state index in [2.05, 4.69) is 5.32 Å². The maximum Gasteiger partial charge on any atom is 0.248 e. The normalized spacial score (nSPS) is 10.5. The summed E-state index contributed by atoms with van der Waals surface area (Å²) in [6, 6.07) is 19.9. The first-order chi connectivity index (χ1) is 15.1. The molecule has 0 unspecified atom stereocenters. The van der Waals surface area contributed by atoms with Crippen LogP contribution < -0.4 is 24.3 Å². The van der Waals surface area contributed by atoms with Crippen molar-refractivity contribution in [2.75, 3.05) is 26.1 Å². The Bertz CT molecular complexity index is 1040. The van der Waals surface area contributed by atoms with Crippen molar-refractivity contribution in [1.82, 2.24) is 0 Å². The fourth-order valence-corrected chi connectivity index (χ4v) is 2.87. The van der Waals surface area contributed by atoms with E-state index in [1.807, 2.05) is 43.3 Å². The van der Waals surface area contributed by atoms with E-state index in [-0.39, 0.29) is 5.91 Å². The zero-order chi connectivity index (χ0) is 22.1. The molecule has 0 atom stereocenters. The summed E-state index contributed by atoms with van der Waals surface area (Å²) < 4.78 is 22.0. The van der Waals surface area contributed by atoms with Crippen LogP contribution in [0.1, 0.15) is 12.5 Å². The number of hydrogen-bond acceptors (Lipinski definition) is 5. The monoisotopic (exact) mass is 419 g/mol. The molecule has 0 heterocycles. The highest BCUT2D eigenvalue weighted by Crippen LogP contribution is 2.30. The summed E-state index contributed by atoms with van der Waals surface area (Å²) in [6.07, 6.45) is 3.11. The van der Waals surface area contributed by atoms with Gasteiger partial charge in [-0.25, -0.2) is 0 Å². The first kappa shape index (κ1) is 21.8. The van der Waals surface area contributed by atoms with Gasteiger partial charge in [0.25, 0.3) is 0 Å². The van der Waals surface area contributed by atoms with E-state index >= 15 is 0 Å². The van der Waals surface area contributed by atoms with E-state index < -0.39 is 0 Å². The number of hydrogen-bond donors (Lipinski definition) is 1. The molecule has 6 nitrogen and oxygen atoms in total. The maximum atomic E-state index is 12.5. The van der Waals surface area contributed by atoms with Gasteiger partial charge in [0, 0.05) is 11.6 Å². The summed E-state index contributed by atoms with van der Waals surface area (Å²) in [6.45, 7) is 2.53. The second kappa shape index (κ2) is 10.7. The second-order valence-electron chi connectivity index (χ2n) is 6.43. The van der Waals surface area contributed by atoms with Crippen LogP contribution in [0, 0.1) is 0 Å². The average Bonchev–Trinajstić information content (AvgIpc) is 2.80. The van der Waals surface area contributed by atoms with Crippen molar-refractivity contribution in [2.24, 2.45) is 0 Å². The van der Waals surface area contributed by atoms with Gasteiger partial charge in [0.05, 0.1) is 26.5 Å². The van der Waals surface area contributed by atoms with Crippen LogP contribution in [0.15, 0.2) is 72.8 Å². The molecule has 6 heteroatoms. The number of nitrogens with one attached hydrogen (secondary N) is 1. The van der Waals surface area contributed by atoms with Gasteiger partial charge in [0.1, 0.15) is 23.0 Å². The molecule has 3 rings (SSSR count). The SMILES string of the molecule is CCOc1ccc(Oc2ccccc2NC(=O)/C=C/c2cc(OC)ccc2OC)cc1. The first-order valence-corrected chi connectivity index (χ1v) is 9.83. The molecule has 0 fully saturated rings. The summed E-state index contributed by atoms with van der Waals surface area (Å²) in [7, 11) is 3.16. The Balaban J connectivity index is 1.72. The van der Waals surface area contributed by atoms with Crippen molar-refractivity contribution in [3.8, 4) is 28.7 Å². The summed E-state index contributed by atoms with van der Waals surface area (Å²) >= 11 is 0. The van der Waals surface area contributed by atoms with Gasteiger partial charge in [0.2, 0.25) is 5.91 Å². The molecule has 0 aromatic heterocycles. The third-order valence-electron chi connectivity index (χ3n) is 4.36. The molecule has 1 amide bonds. The van der Waals surface area contributed by atoms with Gasteiger partial charge in [0.15, 0.2) is 5.75 Å². The molecular formula is C25H25NO5. The predicted octanol–water partition coefficient (Wildman–Crippen LogP) is 5.55. The Labute approximate surface area is 182 Å². The van der Waals surface area contributed by atoms with Crippen LogP contribution in [-0.2, 0) is 4.79 Å². The summed E-state index contributed by atoms with van der Waals surface area (Å²) in [5, 5.41) is 2.85. The van der Waals surface area contributed by atoms with Crippen molar-refractivity contribution in [1.29, 1.82) is 0 Å². The molecule has 0 aliphatic carbocycles. The van der Waals surface area contributed by atoms with Gasteiger partial charge >= 0.3 is 0 Å². The van der Waals surface area contributed by atoms with Gasteiger partial charge < -0.3 is 24.3 Å². The molecule has 1 N–H and O–H groups in total. The average molecular weight is 419 g/mol. The van der Waals surface area contributed by atoms with E-state index in [1.54, 1.807) is 50.6 Å². The minimum absolute atomic E-state index is 0.299. The number of ether oxygens (including phenoxy) is 4. The van der Waals surface area contributed by atoms with Crippen LogP contribution in [0.4, 0.5) is 5.69 Å². The van der Waals surface area contributed by atoms with Crippen LogP contribution in [0.25, 0.3) is 6.08 Å². The quantitative estimate of drug-likeness (QED) is 0.461. The number of rotatable bonds is 9. The fourth-order valence-electron chi connectivity index (χ4n) is 2.87. The van der Waals surface area contributed by atoms with Crippen molar-refractivity contribution in [3.05, 3.63) is 78.4 Å². The Morgan fingerprint density at radius 3 is 2.29 bits per heavy atom. The van der Waals surface area contributed by atoms with Crippen LogP contribution >= 0.6 is 0 Å². The topological polar surface area (TPSA) is 66.0 Å². The second-order valence-corrected chi connectivity index (χ2v) is 6.43. The fraction of sp³-hybridized carbons (Fsp3) is 0.160. The van der Waals surface area contributed by atoms with Crippen molar-refractivity contribution >= 4 is 17.7 Å². The van der Waals surface area contributed by atoms with E-state index in [0.29, 0.717) is 35.3 Å². The minimum atomic E-state index is -0.299. The Hall–Kier alpha value is -3.93. The lowest BCUT2D eigenvalue weighted by molar-refractivity contribution is -0.111. The number of carbonyl (C=O) groups is 1. The lowest BCUT2D eigenvalue weighted by Gasteiger charge is -2.12. The molecule has 0 aliphatic rings. The largest absolute Gasteiger partial charge is 0.497 e. The number of para-hydroxylation sites is 2. The van der Waals surface area contributed by atoms with Crippen LogP contribution in [0.2, 0.25) is 0 Å². The molecule has 0 bridgehead atoms. The first-order valence-electron chi connectivity index (χ1n) is 9.83. The molecule has 0 saturated heterocycles. The molecule has 0 radical (unpaired) electrons. The third kappa shape index (κ3) is 6.02. The molecule has 3 aromatic rings. The van der Waals surface area contributed by atoms with Gasteiger partial charge in [-0.2, -0.15) is 0 Å². The third-order valence-corrected chi connectivity index (χ3v) is 4.36. The predicted molar refractivity (Wildman–Crippen MR) is 121 cm³/mol. The van der Waals surface area contributed by atoms with E-state index in [1.165, 1.54) is 6.08 Å². The van der Waals surface area contributed by atoms with Crippen LogP contribution in [0.3, 0.4) is 0 Å². The number of amides is 1. The molecule has 31 heavy (non-hydrogen) atoms. The van der Waals surface area contributed by atoms with Gasteiger partial charge in [-0.15, -0.1) is 0 Å². The lowest BCUT2D eigenvalue weighted by atomic mass is 10.1. The van der Waals surface area contributed by atoms with E-state index in [9.17, 15) is 4.79 Å². The highest BCUT2D eigenvalue weighted by atomic mass is 16.5. The van der Waals surface area contributed by atoms with Crippen molar-refractivity contribution < 1.29 is 23.7 Å². The highest BCUT2D eigenvalue weighted by molar-refractivity contribution is 6.03. The van der Waals surface area contributed by atoms with Crippen molar-refractivity contribution in [3.63, 3.8) is 0 Å². The van der Waals surface area contributed by atoms with Gasteiger partial charge in [-0.1, -0.05) is 12.1 Å². The van der Waals surface area contributed by atoms with Crippen LogP contribution in [0.5, 0.6) is 28.7 Å². The number of methoxy groups -OCH3 is 2. The molecule has 160 valence electrons. The Morgan fingerprint density at radius 1 is 0.871 bits per heavy atom.